The van der Waals surface area contributed by atoms with Gasteiger partial charge in [0.2, 0.25) is 0 Å². The van der Waals surface area contributed by atoms with Crippen LogP contribution in [0.2, 0.25) is 0 Å². The Kier molecular flexibility index (Phi) is 5.15. The molecule has 0 radical (unpaired) electrons. The quantitative estimate of drug-likeness (QED) is 0.391. The molecular formula is C22H27N7O. The summed E-state index contributed by atoms with van der Waals surface area (Å²) in [6.07, 6.45) is 3.34. The summed E-state index contributed by atoms with van der Waals surface area (Å²) >= 11 is 0. The Morgan fingerprint density at radius 2 is 2.03 bits per heavy atom. The van der Waals surface area contributed by atoms with E-state index in [1.165, 1.54) is 17.6 Å². The number of amides is 1. The van der Waals surface area contributed by atoms with E-state index >= 15 is 0 Å². The summed E-state index contributed by atoms with van der Waals surface area (Å²) in [5.41, 5.74) is 6.08. The van der Waals surface area contributed by atoms with Crippen LogP contribution in [0.25, 0.3) is 22.3 Å². The zero-order chi connectivity index (χ0) is 21.3. The summed E-state index contributed by atoms with van der Waals surface area (Å²) in [7, 11) is 0. The molecule has 156 valence electrons. The molecule has 0 aliphatic carbocycles. The third-order valence-corrected chi connectivity index (χ3v) is 5.04. The Bertz CT molecular complexity index is 1160. The second kappa shape index (κ2) is 7.78. The third-order valence-electron chi connectivity index (χ3n) is 5.04. The van der Waals surface area contributed by atoms with Gasteiger partial charge in [-0.25, -0.2) is 0 Å². The predicted molar refractivity (Wildman–Crippen MR) is 116 cm³/mol. The Morgan fingerprint density at radius 3 is 2.73 bits per heavy atom. The summed E-state index contributed by atoms with van der Waals surface area (Å²) in [6.45, 7) is 9.14. The van der Waals surface area contributed by atoms with Gasteiger partial charge >= 0.3 is 0 Å². The van der Waals surface area contributed by atoms with Crippen molar-refractivity contribution in [3.8, 4) is 11.4 Å². The molecule has 4 N–H and O–H groups in total. The van der Waals surface area contributed by atoms with Crippen LogP contribution in [-0.2, 0) is 19.4 Å². The largest absolute Gasteiger partial charge is 0.353 e. The minimum atomic E-state index is -0.155. The van der Waals surface area contributed by atoms with Crippen LogP contribution in [0.4, 0.5) is 0 Å². The van der Waals surface area contributed by atoms with Crippen LogP contribution in [0.15, 0.2) is 30.6 Å². The fraction of sp³-hybridized carbons (Fsp3) is 0.364. The highest BCUT2D eigenvalue weighted by Crippen LogP contribution is 2.30. The maximum atomic E-state index is 12.5. The number of rotatable bonds is 6. The van der Waals surface area contributed by atoms with E-state index in [1.54, 1.807) is 0 Å². The molecule has 30 heavy (non-hydrogen) atoms. The molecule has 3 heterocycles. The number of fused-ring (bicyclic) bond motifs is 1. The van der Waals surface area contributed by atoms with E-state index in [0.717, 1.165) is 35.1 Å². The van der Waals surface area contributed by atoms with E-state index in [9.17, 15) is 4.79 Å². The topological polar surface area (TPSA) is 115 Å². The van der Waals surface area contributed by atoms with Gasteiger partial charge in [0, 0.05) is 27.7 Å². The first-order valence-electron chi connectivity index (χ1n) is 10.2. The Hall–Kier alpha value is -3.42. The number of benzene rings is 1. The number of hydrogen-bond donors (Lipinski definition) is 4. The van der Waals surface area contributed by atoms with Crippen LogP contribution in [0.5, 0.6) is 0 Å². The first kappa shape index (κ1) is 19.9. The molecule has 0 fully saturated rings. The molecule has 0 aliphatic rings. The number of H-pyrrole nitrogens is 3. The highest BCUT2D eigenvalue weighted by molar-refractivity contribution is 5.99. The van der Waals surface area contributed by atoms with Crippen LogP contribution >= 0.6 is 0 Å². The summed E-state index contributed by atoms with van der Waals surface area (Å²) in [6, 6.07) is 7.68. The highest BCUT2D eigenvalue weighted by atomic mass is 16.1. The molecule has 1 aromatic carbocycles. The molecule has 0 spiro atoms. The molecule has 8 nitrogen and oxygen atoms in total. The van der Waals surface area contributed by atoms with Crippen molar-refractivity contribution in [2.45, 2.75) is 47.1 Å². The second-order valence-corrected chi connectivity index (χ2v) is 8.72. The maximum Gasteiger partial charge on any atom is 0.251 e. The van der Waals surface area contributed by atoms with Crippen LogP contribution in [0.3, 0.4) is 0 Å². The van der Waals surface area contributed by atoms with Crippen molar-refractivity contribution in [1.82, 2.24) is 35.7 Å². The van der Waals surface area contributed by atoms with Crippen molar-refractivity contribution in [3.63, 3.8) is 0 Å². The smallest absolute Gasteiger partial charge is 0.251 e. The van der Waals surface area contributed by atoms with E-state index in [0.29, 0.717) is 17.9 Å². The van der Waals surface area contributed by atoms with Gasteiger partial charge in [0.1, 0.15) is 17.8 Å². The fourth-order valence-corrected chi connectivity index (χ4v) is 3.67. The first-order chi connectivity index (χ1) is 14.3. The van der Waals surface area contributed by atoms with Gasteiger partial charge in [0.25, 0.3) is 5.91 Å². The molecule has 0 saturated carbocycles. The zero-order valence-electron chi connectivity index (χ0n) is 17.8. The van der Waals surface area contributed by atoms with Gasteiger partial charge in [-0.15, -0.1) is 10.2 Å². The predicted octanol–water partition coefficient (Wildman–Crippen LogP) is 3.76. The number of aromatic amines is 3. The summed E-state index contributed by atoms with van der Waals surface area (Å²) in [5, 5.41) is 19.2. The molecule has 4 rings (SSSR count). The van der Waals surface area contributed by atoms with Gasteiger partial charge in [-0.2, -0.15) is 5.10 Å². The molecule has 0 unspecified atom stereocenters. The number of nitrogens with one attached hydrogen (secondary N) is 4. The average Bonchev–Trinajstić information content (AvgIpc) is 3.43. The van der Waals surface area contributed by atoms with Crippen LogP contribution in [0.1, 0.15) is 55.1 Å². The first-order valence-corrected chi connectivity index (χ1v) is 10.2. The zero-order valence-corrected chi connectivity index (χ0v) is 17.8. The third kappa shape index (κ3) is 4.12. The minimum absolute atomic E-state index is 0.155. The lowest BCUT2D eigenvalue weighted by Gasteiger charge is -2.17. The van der Waals surface area contributed by atoms with E-state index < -0.39 is 0 Å². The van der Waals surface area contributed by atoms with Crippen molar-refractivity contribution in [3.05, 3.63) is 53.2 Å². The standard InChI is InChI=1S/C22H27N7O/c1-5-15-18(10-22(2,3)4)27-29-20(15)17-9-14-8-13(6-7-16(14)26-17)21(30)23-11-19-24-12-25-28-19/h6-9,12,26H,5,10-11H2,1-4H3,(H,23,30)(H,27,29)(H,24,25,28). The van der Waals surface area contributed by atoms with Crippen molar-refractivity contribution < 1.29 is 4.79 Å². The van der Waals surface area contributed by atoms with Crippen molar-refractivity contribution in [2.75, 3.05) is 0 Å². The normalized spacial score (nSPS) is 11.9. The van der Waals surface area contributed by atoms with Gasteiger partial charge in [0.15, 0.2) is 0 Å². The molecule has 3 aromatic heterocycles. The van der Waals surface area contributed by atoms with Crippen molar-refractivity contribution >= 4 is 16.8 Å². The molecule has 4 aromatic rings. The number of carbonyl (C=O) groups is 1. The van der Waals surface area contributed by atoms with Gasteiger partial charge in [-0.1, -0.05) is 27.7 Å². The number of aromatic nitrogens is 6. The molecule has 0 bridgehead atoms. The lowest BCUT2D eigenvalue weighted by molar-refractivity contribution is 0.0950. The summed E-state index contributed by atoms with van der Waals surface area (Å²) in [4.78, 5) is 18.8. The Morgan fingerprint density at radius 1 is 1.20 bits per heavy atom. The number of nitrogens with zero attached hydrogens (tertiary/aromatic N) is 3. The molecule has 0 aliphatic heterocycles. The number of carbonyl (C=O) groups excluding carboxylic acids is 1. The van der Waals surface area contributed by atoms with Crippen LogP contribution in [-0.4, -0.2) is 36.3 Å². The van der Waals surface area contributed by atoms with Crippen LogP contribution < -0.4 is 5.32 Å². The lowest BCUT2D eigenvalue weighted by Crippen LogP contribution is -2.23. The Balaban J connectivity index is 1.59. The van der Waals surface area contributed by atoms with Crippen molar-refractivity contribution in [2.24, 2.45) is 5.41 Å². The summed E-state index contributed by atoms with van der Waals surface area (Å²) in [5.74, 6) is 0.461. The van der Waals surface area contributed by atoms with E-state index in [1.807, 2.05) is 18.2 Å². The molecule has 1 amide bonds. The fourth-order valence-electron chi connectivity index (χ4n) is 3.67. The highest BCUT2D eigenvalue weighted by Gasteiger charge is 2.20. The van der Waals surface area contributed by atoms with Gasteiger partial charge in [0.05, 0.1) is 12.2 Å². The van der Waals surface area contributed by atoms with Gasteiger partial charge < -0.3 is 15.3 Å². The van der Waals surface area contributed by atoms with Crippen molar-refractivity contribution in [1.29, 1.82) is 0 Å². The van der Waals surface area contributed by atoms with E-state index in [4.69, 9.17) is 0 Å². The maximum absolute atomic E-state index is 12.5. The molecule has 8 heteroatoms. The van der Waals surface area contributed by atoms with Gasteiger partial charge in [-0.3, -0.25) is 9.89 Å². The minimum Gasteiger partial charge on any atom is -0.353 e. The number of hydrogen-bond acceptors (Lipinski definition) is 4. The van der Waals surface area contributed by atoms with Crippen LogP contribution in [0, 0.1) is 5.41 Å². The lowest BCUT2D eigenvalue weighted by atomic mass is 9.88. The molecule has 0 saturated heterocycles. The van der Waals surface area contributed by atoms with Gasteiger partial charge in [-0.05, 0) is 42.5 Å². The summed E-state index contributed by atoms with van der Waals surface area (Å²) < 4.78 is 0. The van der Waals surface area contributed by atoms with E-state index in [-0.39, 0.29) is 11.3 Å². The SMILES string of the molecule is CCc1c(-c2cc3cc(C(=O)NCc4nnc[nH]4)ccc3[nH]2)n[nH]c1CC(C)(C)C. The average molecular weight is 406 g/mol. The van der Waals surface area contributed by atoms with E-state index in [2.05, 4.69) is 69.4 Å². The molecular weight excluding hydrogens is 378 g/mol. The monoisotopic (exact) mass is 405 g/mol. The second-order valence-electron chi connectivity index (χ2n) is 8.72. The molecule has 0 atom stereocenters. The Labute approximate surface area is 174 Å².